The Hall–Kier alpha value is -1.06. The summed E-state index contributed by atoms with van der Waals surface area (Å²) in [6.07, 6.45) is 2.21. The van der Waals surface area contributed by atoms with Crippen LogP contribution in [0, 0.1) is 0 Å². The Labute approximate surface area is 52.5 Å². The van der Waals surface area contributed by atoms with Gasteiger partial charge in [0.2, 0.25) is 0 Å². The van der Waals surface area contributed by atoms with Crippen molar-refractivity contribution in [3.05, 3.63) is 0 Å². The second kappa shape index (κ2) is 2.48. The minimum absolute atomic E-state index is 0.257. The van der Waals surface area contributed by atoms with Gasteiger partial charge in [0.15, 0.2) is 6.04 Å². The molecular formula is C5H6NO3. The fourth-order valence-electron chi connectivity index (χ4n) is 0.511. The first-order chi connectivity index (χ1) is 4.34. The number of rotatable bonds is 1. The molecule has 0 N–H and O–H groups in total. The number of carbonyl (C=O) groups is 1. The smallest absolute Gasteiger partial charge is 0.334 e. The average molecular weight is 128 g/mol. The van der Waals surface area contributed by atoms with Crippen LogP contribution in [0.1, 0.15) is 0 Å². The molecule has 1 aliphatic rings. The summed E-state index contributed by atoms with van der Waals surface area (Å²) in [5.74, 6) is -0.375. The van der Waals surface area contributed by atoms with Gasteiger partial charge in [0.25, 0.3) is 6.40 Å². The predicted octanol–water partition coefficient (Wildman–Crippen LogP) is -0.537. The highest BCUT2D eigenvalue weighted by atomic mass is 16.5. The highest BCUT2D eigenvalue weighted by Crippen LogP contribution is 1.99. The van der Waals surface area contributed by atoms with E-state index in [9.17, 15) is 4.79 Å². The van der Waals surface area contributed by atoms with E-state index in [4.69, 9.17) is 0 Å². The maximum atomic E-state index is 10.6. The van der Waals surface area contributed by atoms with Gasteiger partial charge < -0.3 is 9.47 Å². The van der Waals surface area contributed by atoms with Crippen molar-refractivity contribution < 1.29 is 14.3 Å². The van der Waals surface area contributed by atoms with Gasteiger partial charge in [-0.15, -0.1) is 0 Å². The highest BCUT2D eigenvalue weighted by molar-refractivity contribution is 5.78. The quantitative estimate of drug-likeness (QED) is 0.446. The summed E-state index contributed by atoms with van der Waals surface area (Å²) in [6.45, 7) is 0.257. The van der Waals surface area contributed by atoms with Gasteiger partial charge in [-0.2, -0.15) is 0 Å². The molecule has 0 saturated carbocycles. The molecule has 1 radical (unpaired) electrons. The van der Waals surface area contributed by atoms with Gasteiger partial charge in [-0.25, -0.2) is 9.79 Å². The Morgan fingerprint density at radius 3 is 3.22 bits per heavy atom. The van der Waals surface area contributed by atoms with Crippen molar-refractivity contribution in [1.82, 2.24) is 0 Å². The van der Waals surface area contributed by atoms with E-state index < -0.39 is 6.04 Å². The lowest BCUT2D eigenvalue weighted by atomic mass is 10.3. The molecule has 0 aromatic heterocycles. The van der Waals surface area contributed by atoms with E-state index in [1.54, 1.807) is 0 Å². The predicted molar refractivity (Wildman–Crippen MR) is 29.2 cm³/mol. The Balaban J connectivity index is 2.43. The van der Waals surface area contributed by atoms with Crippen LogP contribution in [-0.2, 0) is 14.3 Å². The van der Waals surface area contributed by atoms with Crippen LogP contribution in [0.5, 0.6) is 0 Å². The number of ether oxygens (including phenoxy) is 2. The number of aliphatic imine (C=N–C) groups is 1. The molecule has 1 unspecified atom stereocenters. The first-order valence-corrected chi connectivity index (χ1v) is 2.49. The van der Waals surface area contributed by atoms with Crippen molar-refractivity contribution in [3.63, 3.8) is 0 Å². The molecule has 0 aromatic carbocycles. The average Bonchev–Trinajstić information content (AvgIpc) is 2.37. The van der Waals surface area contributed by atoms with Gasteiger partial charge in [0.1, 0.15) is 6.61 Å². The van der Waals surface area contributed by atoms with Gasteiger partial charge in [0.05, 0.1) is 7.11 Å². The number of hydrogen-bond donors (Lipinski definition) is 0. The molecule has 0 bridgehead atoms. The third-order valence-corrected chi connectivity index (χ3v) is 0.988. The third-order valence-electron chi connectivity index (χ3n) is 0.988. The van der Waals surface area contributed by atoms with Crippen LogP contribution in [0.3, 0.4) is 0 Å². The molecule has 1 rings (SSSR count). The Kier molecular flexibility index (Phi) is 1.67. The number of nitrogens with zero attached hydrogens (tertiary/aromatic N) is 1. The zero-order valence-corrected chi connectivity index (χ0v) is 4.96. The summed E-state index contributed by atoms with van der Waals surface area (Å²) in [6, 6.07) is -0.491. The van der Waals surface area contributed by atoms with E-state index in [0.29, 0.717) is 0 Å². The molecule has 4 nitrogen and oxygen atoms in total. The normalized spacial score (nSPS) is 23.4. The van der Waals surface area contributed by atoms with Crippen LogP contribution >= 0.6 is 0 Å². The third kappa shape index (κ3) is 1.19. The van der Waals surface area contributed by atoms with Crippen LogP contribution in [0.15, 0.2) is 4.99 Å². The molecule has 0 fully saturated rings. The van der Waals surface area contributed by atoms with Gasteiger partial charge in [-0.3, -0.25) is 0 Å². The van der Waals surface area contributed by atoms with Crippen LogP contribution in [0.4, 0.5) is 0 Å². The summed E-state index contributed by atoms with van der Waals surface area (Å²) < 4.78 is 8.94. The molecule has 4 heteroatoms. The fraction of sp³-hybridized carbons (Fsp3) is 0.600. The van der Waals surface area contributed by atoms with Gasteiger partial charge in [0, 0.05) is 0 Å². The second-order valence-corrected chi connectivity index (χ2v) is 1.57. The largest absolute Gasteiger partial charge is 0.471 e. The van der Waals surface area contributed by atoms with Gasteiger partial charge in [-0.05, 0) is 0 Å². The molecule has 1 heterocycles. The van der Waals surface area contributed by atoms with Crippen molar-refractivity contribution in [2.45, 2.75) is 6.04 Å². The SMILES string of the molecule is COC(=O)C1CO[C]=N1. The maximum absolute atomic E-state index is 10.6. The molecule has 0 saturated heterocycles. The van der Waals surface area contributed by atoms with Crippen LogP contribution in [0.25, 0.3) is 0 Å². The van der Waals surface area contributed by atoms with E-state index in [-0.39, 0.29) is 12.6 Å². The molecule has 0 aromatic rings. The number of methoxy groups -OCH3 is 1. The monoisotopic (exact) mass is 128 g/mol. The van der Waals surface area contributed by atoms with Gasteiger partial charge in [-0.1, -0.05) is 0 Å². The molecule has 0 spiro atoms. The molecule has 1 aliphatic heterocycles. The molecule has 9 heavy (non-hydrogen) atoms. The number of hydrogen-bond acceptors (Lipinski definition) is 4. The van der Waals surface area contributed by atoms with Crippen LogP contribution in [-0.4, -0.2) is 32.1 Å². The van der Waals surface area contributed by atoms with Crippen molar-refractivity contribution in [2.75, 3.05) is 13.7 Å². The van der Waals surface area contributed by atoms with Crippen molar-refractivity contribution >= 4 is 12.4 Å². The Bertz CT molecular complexity index is 143. The van der Waals surface area contributed by atoms with E-state index in [1.165, 1.54) is 7.11 Å². The minimum atomic E-state index is -0.491. The summed E-state index contributed by atoms with van der Waals surface area (Å²) in [7, 11) is 1.32. The summed E-state index contributed by atoms with van der Waals surface area (Å²) >= 11 is 0. The minimum Gasteiger partial charge on any atom is -0.471 e. The van der Waals surface area contributed by atoms with E-state index in [1.807, 2.05) is 0 Å². The zero-order valence-electron chi connectivity index (χ0n) is 4.96. The fourth-order valence-corrected chi connectivity index (χ4v) is 0.511. The lowest BCUT2D eigenvalue weighted by Crippen LogP contribution is -2.21. The molecular weight excluding hydrogens is 122 g/mol. The Morgan fingerprint density at radius 2 is 2.78 bits per heavy atom. The van der Waals surface area contributed by atoms with Crippen molar-refractivity contribution in [3.8, 4) is 0 Å². The molecule has 1 atom stereocenters. The number of carbonyl (C=O) groups excluding carboxylic acids is 1. The number of esters is 1. The molecule has 0 amide bonds. The van der Waals surface area contributed by atoms with Crippen LogP contribution in [0.2, 0.25) is 0 Å². The topological polar surface area (TPSA) is 47.9 Å². The van der Waals surface area contributed by atoms with E-state index in [2.05, 4.69) is 20.9 Å². The van der Waals surface area contributed by atoms with Crippen molar-refractivity contribution in [2.24, 2.45) is 4.99 Å². The molecule has 49 valence electrons. The summed E-state index contributed by atoms with van der Waals surface area (Å²) in [5, 5.41) is 0. The van der Waals surface area contributed by atoms with Crippen LogP contribution < -0.4 is 0 Å². The lowest BCUT2D eigenvalue weighted by Gasteiger charge is -1.99. The Morgan fingerprint density at radius 1 is 2.00 bits per heavy atom. The van der Waals surface area contributed by atoms with Crippen molar-refractivity contribution in [1.29, 1.82) is 0 Å². The highest BCUT2D eigenvalue weighted by Gasteiger charge is 2.21. The first-order valence-electron chi connectivity index (χ1n) is 2.49. The van der Waals surface area contributed by atoms with E-state index >= 15 is 0 Å². The second-order valence-electron chi connectivity index (χ2n) is 1.57. The standard InChI is InChI=1S/C5H6NO3/c1-8-5(7)4-2-9-3-6-4/h4H,2H2,1H3. The summed E-state index contributed by atoms with van der Waals surface area (Å²) in [5.41, 5.74) is 0. The van der Waals surface area contributed by atoms with E-state index in [0.717, 1.165) is 0 Å². The summed E-state index contributed by atoms with van der Waals surface area (Å²) in [4.78, 5) is 14.1. The first kappa shape index (κ1) is 6.07. The lowest BCUT2D eigenvalue weighted by molar-refractivity contribution is -0.142. The maximum Gasteiger partial charge on any atom is 0.334 e. The van der Waals surface area contributed by atoms with Gasteiger partial charge >= 0.3 is 5.97 Å². The zero-order chi connectivity index (χ0) is 6.69. The molecule has 0 aliphatic carbocycles.